The van der Waals surface area contributed by atoms with Crippen molar-refractivity contribution in [3.8, 4) is 11.8 Å². The molecule has 0 saturated heterocycles. The fraction of sp³-hybridized carbons (Fsp3) is 0.160. The molecule has 0 aliphatic carbocycles. The molecule has 7 nitrogen and oxygen atoms in total. The van der Waals surface area contributed by atoms with E-state index in [1.54, 1.807) is 17.2 Å². The Hall–Kier alpha value is -4.31. The minimum atomic E-state index is -0.140. The second kappa shape index (κ2) is 8.08. The summed E-state index contributed by atoms with van der Waals surface area (Å²) in [7, 11) is 0. The molecule has 0 unspecified atom stereocenters. The second-order valence-corrected chi connectivity index (χ2v) is 7.82. The number of hydrogen-bond donors (Lipinski definition) is 0. The Morgan fingerprint density at radius 3 is 2.72 bits per heavy atom. The van der Waals surface area contributed by atoms with Gasteiger partial charge in [-0.05, 0) is 72.4 Å². The fourth-order valence-corrected chi connectivity index (χ4v) is 4.11. The van der Waals surface area contributed by atoms with Gasteiger partial charge in [0.15, 0.2) is 5.82 Å². The highest BCUT2D eigenvalue weighted by Crippen LogP contribution is 2.28. The quantitative estimate of drug-likeness (QED) is 0.503. The van der Waals surface area contributed by atoms with Crippen LogP contribution in [-0.2, 0) is 12.8 Å². The number of rotatable bonds is 4. The van der Waals surface area contributed by atoms with Gasteiger partial charge >= 0.3 is 0 Å². The van der Waals surface area contributed by atoms with Crippen molar-refractivity contribution in [1.29, 1.82) is 5.26 Å². The summed E-state index contributed by atoms with van der Waals surface area (Å²) < 4.78 is 1.82. The number of carbonyl (C=O) groups is 1. The van der Waals surface area contributed by atoms with Gasteiger partial charge in [0.2, 0.25) is 0 Å². The van der Waals surface area contributed by atoms with Gasteiger partial charge in [0.05, 0.1) is 17.4 Å². The molecule has 0 radical (unpaired) electrons. The summed E-state index contributed by atoms with van der Waals surface area (Å²) in [5.41, 5.74) is 6.47. The van der Waals surface area contributed by atoms with Gasteiger partial charge in [-0.2, -0.15) is 15.5 Å². The molecule has 1 aliphatic rings. The molecule has 0 N–H and O–H groups in total. The summed E-state index contributed by atoms with van der Waals surface area (Å²) in [4.78, 5) is 14.9. The minimum absolute atomic E-state index is 0.140. The molecule has 0 saturated carbocycles. The maximum absolute atomic E-state index is 13.3. The molecule has 3 heterocycles. The Morgan fingerprint density at radius 2 is 1.97 bits per heavy atom. The second-order valence-electron chi connectivity index (χ2n) is 7.82. The zero-order valence-electron chi connectivity index (χ0n) is 17.6. The average Bonchev–Trinajstić information content (AvgIpc) is 3.36. The van der Waals surface area contributed by atoms with Crippen LogP contribution in [-0.4, -0.2) is 32.4 Å². The number of fused-ring (bicyclic) bond motifs is 1. The van der Waals surface area contributed by atoms with Gasteiger partial charge in [0.25, 0.3) is 5.91 Å². The highest BCUT2D eigenvalue weighted by Gasteiger charge is 2.29. The minimum Gasteiger partial charge on any atom is -0.290 e. The zero-order valence-corrected chi connectivity index (χ0v) is 17.6. The predicted molar refractivity (Wildman–Crippen MR) is 120 cm³/mol. The van der Waals surface area contributed by atoms with E-state index in [-0.39, 0.29) is 5.91 Å². The van der Waals surface area contributed by atoms with Crippen LogP contribution in [0.15, 0.2) is 67.1 Å². The fourth-order valence-electron chi connectivity index (χ4n) is 4.11. The van der Waals surface area contributed by atoms with E-state index in [9.17, 15) is 10.1 Å². The summed E-state index contributed by atoms with van der Waals surface area (Å²) in [5, 5.41) is 21.6. The van der Waals surface area contributed by atoms with Crippen molar-refractivity contribution in [3.63, 3.8) is 0 Å². The number of anilines is 1. The lowest BCUT2D eigenvalue weighted by Crippen LogP contribution is -2.39. The third kappa shape index (κ3) is 3.52. The first kappa shape index (κ1) is 19.6. The van der Waals surface area contributed by atoms with E-state index in [0.717, 1.165) is 28.8 Å². The van der Waals surface area contributed by atoms with E-state index in [1.165, 1.54) is 11.8 Å². The van der Waals surface area contributed by atoms with E-state index in [4.69, 9.17) is 0 Å². The average molecular weight is 420 g/mol. The monoisotopic (exact) mass is 420 g/mol. The summed E-state index contributed by atoms with van der Waals surface area (Å²) in [6, 6.07) is 17.9. The third-order valence-corrected chi connectivity index (χ3v) is 5.82. The van der Waals surface area contributed by atoms with Gasteiger partial charge in [-0.3, -0.25) is 9.69 Å². The Morgan fingerprint density at radius 1 is 1.12 bits per heavy atom. The van der Waals surface area contributed by atoms with E-state index >= 15 is 0 Å². The number of carbonyl (C=O) groups excluding carboxylic acids is 1. The van der Waals surface area contributed by atoms with Crippen molar-refractivity contribution in [2.75, 3.05) is 11.4 Å². The standard InChI is InChI=1S/C25H20N6O/c1-17-13-19-8-12-30(24-20(16-26)7-10-27-29-24)25(32)23(19)15-21(17)14-18-3-5-22(6-4-18)31-11-2-9-28-31/h2-7,9-11,13,15H,8,12,14H2,1H3. The molecule has 0 spiro atoms. The van der Waals surface area contributed by atoms with E-state index < -0.39 is 0 Å². The van der Waals surface area contributed by atoms with Crippen LogP contribution in [0.5, 0.6) is 0 Å². The lowest BCUT2D eigenvalue weighted by atomic mass is 9.91. The van der Waals surface area contributed by atoms with E-state index in [1.807, 2.05) is 35.1 Å². The topological polar surface area (TPSA) is 87.7 Å². The van der Waals surface area contributed by atoms with Crippen molar-refractivity contribution in [1.82, 2.24) is 20.0 Å². The van der Waals surface area contributed by atoms with Crippen LogP contribution < -0.4 is 4.90 Å². The summed E-state index contributed by atoms with van der Waals surface area (Å²) in [6.07, 6.45) is 6.56. The van der Waals surface area contributed by atoms with Crippen LogP contribution in [0, 0.1) is 18.3 Å². The van der Waals surface area contributed by atoms with Crippen LogP contribution >= 0.6 is 0 Å². The molecule has 2 aromatic heterocycles. The number of amides is 1. The van der Waals surface area contributed by atoms with Gasteiger partial charge in [-0.15, -0.1) is 5.10 Å². The van der Waals surface area contributed by atoms with Crippen LogP contribution in [0.2, 0.25) is 0 Å². The molecule has 0 atom stereocenters. The third-order valence-electron chi connectivity index (χ3n) is 5.82. The van der Waals surface area contributed by atoms with E-state index in [0.29, 0.717) is 29.9 Å². The van der Waals surface area contributed by atoms with Crippen molar-refractivity contribution < 1.29 is 4.79 Å². The molecule has 1 amide bonds. The highest BCUT2D eigenvalue weighted by molar-refractivity contribution is 6.08. The largest absolute Gasteiger partial charge is 0.290 e. The number of benzene rings is 2. The first-order valence-electron chi connectivity index (χ1n) is 10.4. The normalized spacial score (nSPS) is 13.0. The Kier molecular flexibility index (Phi) is 4.96. The van der Waals surface area contributed by atoms with Crippen molar-refractivity contribution in [3.05, 3.63) is 101 Å². The number of nitriles is 1. The number of aromatic nitrogens is 4. The smallest absolute Gasteiger partial charge is 0.259 e. The lowest BCUT2D eigenvalue weighted by Gasteiger charge is -2.28. The van der Waals surface area contributed by atoms with Crippen LogP contribution in [0.1, 0.15) is 38.2 Å². The molecular weight excluding hydrogens is 400 g/mol. The molecule has 32 heavy (non-hydrogen) atoms. The Labute approximate surface area is 185 Å². The predicted octanol–water partition coefficient (Wildman–Crippen LogP) is 3.64. The first-order valence-corrected chi connectivity index (χ1v) is 10.4. The molecular formula is C25H20N6O. The van der Waals surface area contributed by atoms with Crippen LogP contribution in [0.4, 0.5) is 5.82 Å². The maximum atomic E-state index is 13.3. The highest BCUT2D eigenvalue weighted by atomic mass is 16.2. The van der Waals surface area contributed by atoms with Gasteiger partial charge in [0, 0.05) is 24.5 Å². The molecule has 1 aliphatic heterocycles. The summed E-state index contributed by atoms with van der Waals surface area (Å²) in [5.74, 6) is 0.181. The van der Waals surface area contributed by atoms with Crippen molar-refractivity contribution >= 4 is 11.7 Å². The van der Waals surface area contributed by atoms with Gasteiger partial charge in [0.1, 0.15) is 6.07 Å². The summed E-state index contributed by atoms with van der Waals surface area (Å²) >= 11 is 0. The lowest BCUT2D eigenvalue weighted by molar-refractivity contribution is 0.0979. The zero-order chi connectivity index (χ0) is 22.1. The Bertz CT molecular complexity index is 1340. The van der Waals surface area contributed by atoms with Gasteiger partial charge in [-0.1, -0.05) is 18.2 Å². The first-order chi connectivity index (χ1) is 15.6. The van der Waals surface area contributed by atoms with Gasteiger partial charge in [-0.25, -0.2) is 4.68 Å². The molecule has 2 aromatic carbocycles. The molecule has 5 rings (SSSR count). The number of aryl methyl sites for hydroxylation is 1. The molecule has 0 bridgehead atoms. The molecule has 0 fully saturated rings. The van der Waals surface area contributed by atoms with E-state index in [2.05, 4.69) is 46.5 Å². The maximum Gasteiger partial charge on any atom is 0.259 e. The Balaban J connectivity index is 1.44. The van der Waals surface area contributed by atoms with Gasteiger partial charge < -0.3 is 0 Å². The summed E-state index contributed by atoms with van der Waals surface area (Å²) in [6.45, 7) is 2.56. The van der Waals surface area contributed by atoms with Crippen LogP contribution in [0.3, 0.4) is 0 Å². The molecule has 7 heteroatoms. The van der Waals surface area contributed by atoms with Crippen molar-refractivity contribution in [2.24, 2.45) is 0 Å². The number of hydrogen-bond acceptors (Lipinski definition) is 5. The SMILES string of the molecule is Cc1cc2c(cc1Cc1ccc(-n3cccn3)cc1)C(=O)N(c1nnccc1C#N)CC2. The van der Waals surface area contributed by atoms with Crippen LogP contribution in [0.25, 0.3) is 5.69 Å². The van der Waals surface area contributed by atoms with Crippen molar-refractivity contribution in [2.45, 2.75) is 19.8 Å². The molecule has 156 valence electrons. The number of nitrogens with zero attached hydrogens (tertiary/aromatic N) is 6. The molecule has 4 aromatic rings.